The number of aromatic hydroxyl groups is 1. The maximum absolute atomic E-state index is 9.69. The molecule has 0 fully saturated rings. The molecular weight excluding hydrogens is 250 g/mol. The number of nitrogens with two attached hydrogens (primary N) is 1. The molecule has 0 saturated heterocycles. The summed E-state index contributed by atoms with van der Waals surface area (Å²) >= 11 is 5.55. The van der Waals surface area contributed by atoms with Crippen LogP contribution in [-0.2, 0) is 0 Å². The molecular formula is C13H12ClN3O. The number of hydrogen-bond donors (Lipinski definition) is 2. The van der Waals surface area contributed by atoms with Crippen molar-refractivity contribution < 1.29 is 5.11 Å². The molecule has 92 valence electrons. The molecule has 0 aliphatic heterocycles. The molecule has 1 aromatic heterocycles. The third-order valence-electron chi connectivity index (χ3n) is 2.34. The average Bonchev–Trinajstić information content (AvgIpc) is 2.40. The van der Waals surface area contributed by atoms with E-state index < -0.39 is 0 Å². The number of nitrogens with zero attached hydrogens (tertiary/aromatic N) is 2. The van der Waals surface area contributed by atoms with E-state index in [4.69, 9.17) is 17.3 Å². The summed E-state index contributed by atoms with van der Waals surface area (Å²) in [6.07, 6.45) is 1.63. The highest BCUT2D eigenvalue weighted by molar-refractivity contribution is 6.28. The number of amidine groups is 1. The Bertz CT molecular complexity index is 567. The zero-order valence-electron chi connectivity index (χ0n) is 9.55. The van der Waals surface area contributed by atoms with E-state index in [1.165, 1.54) is 0 Å². The molecule has 0 radical (unpaired) electrons. The lowest BCUT2D eigenvalue weighted by atomic mass is 10.1. The maximum Gasteiger partial charge on any atom is 0.141 e. The molecule has 18 heavy (non-hydrogen) atoms. The molecule has 0 spiro atoms. The number of alkyl halides is 1. The predicted octanol–water partition coefficient (Wildman–Crippen LogP) is 2.68. The first-order chi connectivity index (χ1) is 8.70. The second-order valence-corrected chi connectivity index (χ2v) is 3.92. The lowest BCUT2D eigenvalue weighted by Crippen LogP contribution is -2.12. The van der Waals surface area contributed by atoms with Crippen molar-refractivity contribution in [1.82, 2.24) is 4.98 Å². The number of pyridine rings is 1. The zero-order chi connectivity index (χ0) is 13.0. The number of halogens is 1. The molecule has 5 heteroatoms. The SMILES string of the molecule is NC(CCl)=Nc1ccc(-c2ncccc2O)cc1. The van der Waals surface area contributed by atoms with E-state index in [2.05, 4.69) is 9.98 Å². The first kappa shape index (κ1) is 12.4. The quantitative estimate of drug-likeness (QED) is 0.507. The fourth-order valence-electron chi connectivity index (χ4n) is 1.51. The largest absolute Gasteiger partial charge is 0.506 e. The van der Waals surface area contributed by atoms with E-state index in [-0.39, 0.29) is 11.6 Å². The molecule has 1 heterocycles. The molecule has 0 unspecified atom stereocenters. The fraction of sp³-hybridized carbons (Fsp3) is 0.0769. The highest BCUT2D eigenvalue weighted by Gasteiger charge is 2.04. The van der Waals surface area contributed by atoms with Gasteiger partial charge in [0.1, 0.15) is 17.3 Å². The first-order valence-corrected chi connectivity index (χ1v) is 5.87. The summed E-state index contributed by atoms with van der Waals surface area (Å²) in [5, 5.41) is 9.69. The van der Waals surface area contributed by atoms with Crippen molar-refractivity contribution in [3.63, 3.8) is 0 Å². The van der Waals surface area contributed by atoms with Gasteiger partial charge in [-0.15, -0.1) is 11.6 Å². The summed E-state index contributed by atoms with van der Waals surface area (Å²) in [5.74, 6) is 0.710. The smallest absolute Gasteiger partial charge is 0.141 e. The van der Waals surface area contributed by atoms with Gasteiger partial charge in [0.2, 0.25) is 0 Å². The van der Waals surface area contributed by atoms with E-state index >= 15 is 0 Å². The number of rotatable bonds is 3. The normalized spacial score (nSPS) is 11.5. The standard InChI is InChI=1S/C13H12ClN3O/c14-8-12(15)17-10-5-3-9(4-6-10)13-11(18)2-1-7-16-13/h1-7,18H,8H2,(H2,15,17). The maximum atomic E-state index is 9.69. The van der Waals surface area contributed by atoms with Crippen LogP contribution >= 0.6 is 11.6 Å². The molecule has 2 aromatic rings. The summed E-state index contributed by atoms with van der Waals surface area (Å²) in [7, 11) is 0. The van der Waals surface area contributed by atoms with Gasteiger partial charge in [0.05, 0.1) is 11.6 Å². The van der Waals surface area contributed by atoms with Gasteiger partial charge < -0.3 is 10.8 Å². The highest BCUT2D eigenvalue weighted by Crippen LogP contribution is 2.27. The zero-order valence-corrected chi connectivity index (χ0v) is 10.3. The van der Waals surface area contributed by atoms with Crippen molar-refractivity contribution >= 4 is 23.1 Å². The van der Waals surface area contributed by atoms with E-state index in [1.54, 1.807) is 30.5 Å². The molecule has 0 bridgehead atoms. The van der Waals surface area contributed by atoms with Gasteiger partial charge in [-0.05, 0) is 24.3 Å². The minimum atomic E-state index is 0.147. The second kappa shape index (κ2) is 5.51. The van der Waals surface area contributed by atoms with Crippen LogP contribution in [0.25, 0.3) is 11.3 Å². The minimum absolute atomic E-state index is 0.147. The molecule has 0 atom stereocenters. The van der Waals surface area contributed by atoms with Crippen LogP contribution in [0.4, 0.5) is 5.69 Å². The van der Waals surface area contributed by atoms with Gasteiger partial charge in [-0.3, -0.25) is 4.98 Å². The Hall–Kier alpha value is -2.07. The Morgan fingerprint density at radius 1 is 1.28 bits per heavy atom. The molecule has 3 N–H and O–H groups in total. The molecule has 0 aliphatic rings. The van der Waals surface area contributed by atoms with Gasteiger partial charge in [-0.2, -0.15) is 0 Å². The molecule has 1 aromatic carbocycles. The van der Waals surface area contributed by atoms with Gasteiger partial charge in [-0.25, -0.2) is 4.99 Å². The third kappa shape index (κ3) is 2.78. The van der Waals surface area contributed by atoms with Crippen molar-refractivity contribution in [2.24, 2.45) is 10.7 Å². The van der Waals surface area contributed by atoms with Crippen LogP contribution in [-0.4, -0.2) is 21.8 Å². The number of aromatic nitrogens is 1. The van der Waals surface area contributed by atoms with Gasteiger partial charge in [0, 0.05) is 11.8 Å². The Morgan fingerprint density at radius 3 is 2.61 bits per heavy atom. The Morgan fingerprint density at radius 2 is 2.00 bits per heavy atom. The van der Waals surface area contributed by atoms with E-state index in [0.29, 0.717) is 17.2 Å². The number of aliphatic imine (C=N–C) groups is 1. The lowest BCUT2D eigenvalue weighted by molar-refractivity contribution is 0.475. The van der Waals surface area contributed by atoms with Gasteiger partial charge >= 0.3 is 0 Å². The highest BCUT2D eigenvalue weighted by atomic mass is 35.5. The van der Waals surface area contributed by atoms with Crippen molar-refractivity contribution in [2.45, 2.75) is 0 Å². The summed E-state index contributed by atoms with van der Waals surface area (Å²) in [6.45, 7) is 0. The third-order valence-corrected chi connectivity index (χ3v) is 2.61. The summed E-state index contributed by atoms with van der Waals surface area (Å²) < 4.78 is 0. The Balaban J connectivity index is 2.31. The van der Waals surface area contributed by atoms with Crippen molar-refractivity contribution in [1.29, 1.82) is 0 Å². The Labute approximate surface area is 110 Å². The van der Waals surface area contributed by atoms with Crippen LogP contribution in [0.3, 0.4) is 0 Å². The van der Waals surface area contributed by atoms with Gasteiger partial charge in [-0.1, -0.05) is 12.1 Å². The van der Waals surface area contributed by atoms with Crippen LogP contribution in [0.1, 0.15) is 0 Å². The van der Waals surface area contributed by atoms with Crippen molar-refractivity contribution in [3.05, 3.63) is 42.6 Å². The topological polar surface area (TPSA) is 71.5 Å². The Kier molecular flexibility index (Phi) is 3.79. The molecule has 0 aliphatic carbocycles. The molecule has 2 rings (SSSR count). The average molecular weight is 262 g/mol. The minimum Gasteiger partial charge on any atom is -0.506 e. The molecule has 0 amide bonds. The summed E-state index contributed by atoms with van der Waals surface area (Å²) in [6, 6.07) is 10.5. The first-order valence-electron chi connectivity index (χ1n) is 5.34. The monoisotopic (exact) mass is 261 g/mol. The molecule has 4 nitrogen and oxygen atoms in total. The van der Waals surface area contributed by atoms with Gasteiger partial charge in [0.25, 0.3) is 0 Å². The van der Waals surface area contributed by atoms with Gasteiger partial charge in [0.15, 0.2) is 0 Å². The molecule has 0 saturated carbocycles. The van der Waals surface area contributed by atoms with Crippen LogP contribution in [0.15, 0.2) is 47.6 Å². The number of hydrogen-bond acceptors (Lipinski definition) is 3. The predicted molar refractivity (Wildman–Crippen MR) is 73.3 cm³/mol. The van der Waals surface area contributed by atoms with E-state index in [1.807, 2.05) is 12.1 Å². The summed E-state index contributed by atoms with van der Waals surface area (Å²) in [4.78, 5) is 8.24. The number of benzene rings is 1. The van der Waals surface area contributed by atoms with E-state index in [9.17, 15) is 5.11 Å². The van der Waals surface area contributed by atoms with Crippen LogP contribution in [0.2, 0.25) is 0 Å². The lowest BCUT2D eigenvalue weighted by Gasteiger charge is -2.03. The van der Waals surface area contributed by atoms with E-state index in [0.717, 1.165) is 5.56 Å². The van der Waals surface area contributed by atoms with Crippen molar-refractivity contribution in [3.8, 4) is 17.0 Å². The van der Waals surface area contributed by atoms with Crippen LogP contribution in [0, 0.1) is 0 Å². The second-order valence-electron chi connectivity index (χ2n) is 3.65. The van der Waals surface area contributed by atoms with Crippen LogP contribution < -0.4 is 5.73 Å². The van der Waals surface area contributed by atoms with Crippen LogP contribution in [0.5, 0.6) is 5.75 Å². The van der Waals surface area contributed by atoms with Crippen molar-refractivity contribution in [2.75, 3.05) is 5.88 Å². The summed E-state index contributed by atoms with van der Waals surface area (Å²) in [5.41, 5.74) is 7.62. The fourth-order valence-corrected chi connectivity index (χ4v) is 1.57.